The third-order valence-electron chi connectivity index (χ3n) is 4.49. The molecule has 1 fully saturated rings. The second-order valence-corrected chi connectivity index (χ2v) is 6.34. The van der Waals surface area contributed by atoms with Crippen LogP contribution in [0.2, 0.25) is 0 Å². The van der Waals surface area contributed by atoms with E-state index in [1.54, 1.807) is 14.2 Å². The van der Waals surface area contributed by atoms with Crippen LogP contribution in [0.4, 0.5) is 0 Å². The van der Waals surface area contributed by atoms with Crippen LogP contribution in [0, 0.1) is 5.92 Å². The van der Waals surface area contributed by atoms with Crippen LogP contribution in [0.1, 0.15) is 25.3 Å². The molecule has 142 valence electrons. The van der Waals surface area contributed by atoms with Crippen molar-refractivity contribution >= 4 is 29.9 Å². The van der Waals surface area contributed by atoms with E-state index in [4.69, 9.17) is 15.2 Å². The van der Waals surface area contributed by atoms with Gasteiger partial charge in [-0.15, -0.1) is 24.0 Å². The first-order chi connectivity index (χ1) is 11.6. The van der Waals surface area contributed by atoms with Crippen LogP contribution in [0.15, 0.2) is 23.2 Å². The molecular formula is C18H31IN4O2. The Morgan fingerprint density at radius 2 is 1.92 bits per heavy atom. The highest BCUT2D eigenvalue weighted by Crippen LogP contribution is 2.27. The number of methoxy groups -OCH3 is 2. The van der Waals surface area contributed by atoms with Crippen molar-refractivity contribution in [2.45, 2.75) is 26.3 Å². The summed E-state index contributed by atoms with van der Waals surface area (Å²) in [5, 5.41) is 3.19. The van der Waals surface area contributed by atoms with Gasteiger partial charge in [0.05, 0.1) is 20.8 Å². The van der Waals surface area contributed by atoms with Crippen molar-refractivity contribution in [3.63, 3.8) is 0 Å². The number of ether oxygens (including phenoxy) is 2. The molecule has 0 aromatic heterocycles. The average Bonchev–Trinajstić information content (AvgIpc) is 2.61. The molecule has 0 saturated carbocycles. The number of piperidine rings is 1. The quantitative estimate of drug-likeness (QED) is 0.370. The molecule has 7 heteroatoms. The van der Waals surface area contributed by atoms with Crippen LogP contribution in [-0.4, -0.2) is 51.3 Å². The van der Waals surface area contributed by atoms with Crippen LogP contribution in [0.25, 0.3) is 0 Å². The number of nitrogens with two attached hydrogens (primary N) is 1. The topological polar surface area (TPSA) is 72.1 Å². The number of guanidine groups is 1. The fourth-order valence-electron chi connectivity index (χ4n) is 2.84. The highest BCUT2D eigenvalue weighted by atomic mass is 127. The van der Waals surface area contributed by atoms with Gasteiger partial charge in [-0.1, -0.05) is 13.0 Å². The fraction of sp³-hybridized carbons (Fsp3) is 0.611. The zero-order chi connectivity index (χ0) is 17.4. The Labute approximate surface area is 168 Å². The molecule has 0 spiro atoms. The lowest BCUT2D eigenvalue weighted by Crippen LogP contribution is -2.41. The zero-order valence-electron chi connectivity index (χ0n) is 15.5. The number of likely N-dealkylation sites (tertiary alicyclic amines) is 1. The van der Waals surface area contributed by atoms with E-state index in [1.165, 1.54) is 25.9 Å². The minimum atomic E-state index is 0. The van der Waals surface area contributed by atoms with Gasteiger partial charge in [0.25, 0.3) is 0 Å². The summed E-state index contributed by atoms with van der Waals surface area (Å²) >= 11 is 0. The molecule has 0 amide bonds. The highest BCUT2D eigenvalue weighted by molar-refractivity contribution is 14.0. The molecule has 0 atom stereocenters. The Bertz CT molecular complexity index is 546. The van der Waals surface area contributed by atoms with Gasteiger partial charge in [0.1, 0.15) is 0 Å². The van der Waals surface area contributed by atoms with Crippen molar-refractivity contribution in [1.29, 1.82) is 0 Å². The zero-order valence-corrected chi connectivity index (χ0v) is 17.8. The molecule has 1 aromatic carbocycles. The summed E-state index contributed by atoms with van der Waals surface area (Å²) in [7, 11) is 3.25. The standard InChI is InChI=1S/C18H30N4O2.HI/c1-14-6-9-22(10-7-14)11-8-20-18(19)21-13-15-4-5-16(23-2)17(12-15)24-3;/h4-5,12,14H,6-11,13H2,1-3H3,(H3,19,20,21);1H. The Kier molecular flexibility index (Phi) is 9.96. The van der Waals surface area contributed by atoms with E-state index >= 15 is 0 Å². The Hall–Kier alpha value is -1.22. The second kappa shape index (κ2) is 11.4. The Balaban J connectivity index is 0.00000312. The smallest absolute Gasteiger partial charge is 0.188 e. The summed E-state index contributed by atoms with van der Waals surface area (Å²) in [5.74, 6) is 2.76. The van der Waals surface area contributed by atoms with E-state index in [2.05, 4.69) is 22.1 Å². The fourth-order valence-corrected chi connectivity index (χ4v) is 2.84. The van der Waals surface area contributed by atoms with Gasteiger partial charge >= 0.3 is 0 Å². The number of benzene rings is 1. The number of nitrogens with zero attached hydrogens (tertiary/aromatic N) is 2. The molecular weight excluding hydrogens is 431 g/mol. The number of rotatable bonds is 7. The van der Waals surface area contributed by atoms with Crippen molar-refractivity contribution in [3.05, 3.63) is 23.8 Å². The molecule has 0 unspecified atom stereocenters. The Morgan fingerprint density at radius 3 is 2.56 bits per heavy atom. The summed E-state index contributed by atoms with van der Waals surface area (Å²) in [6.45, 7) is 7.06. The minimum absolute atomic E-state index is 0. The van der Waals surface area contributed by atoms with E-state index < -0.39 is 0 Å². The number of nitrogens with one attached hydrogen (secondary N) is 1. The highest BCUT2D eigenvalue weighted by Gasteiger charge is 2.14. The van der Waals surface area contributed by atoms with Gasteiger partial charge < -0.3 is 25.4 Å². The average molecular weight is 462 g/mol. The monoisotopic (exact) mass is 462 g/mol. The van der Waals surface area contributed by atoms with E-state index in [0.717, 1.165) is 24.6 Å². The first-order valence-electron chi connectivity index (χ1n) is 8.59. The molecule has 0 aliphatic carbocycles. The van der Waals surface area contributed by atoms with E-state index in [-0.39, 0.29) is 24.0 Å². The van der Waals surface area contributed by atoms with Gasteiger partial charge in [0.15, 0.2) is 17.5 Å². The third kappa shape index (κ3) is 7.27. The van der Waals surface area contributed by atoms with Gasteiger partial charge in [-0.3, -0.25) is 0 Å². The normalized spacial score (nSPS) is 16.2. The minimum Gasteiger partial charge on any atom is -0.493 e. The lowest BCUT2D eigenvalue weighted by Gasteiger charge is -2.30. The van der Waals surface area contributed by atoms with Crippen molar-refractivity contribution in [1.82, 2.24) is 10.2 Å². The maximum Gasteiger partial charge on any atom is 0.188 e. The van der Waals surface area contributed by atoms with Crippen LogP contribution >= 0.6 is 24.0 Å². The van der Waals surface area contributed by atoms with Crippen molar-refractivity contribution in [2.24, 2.45) is 16.6 Å². The van der Waals surface area contributed by atoms with Gasteiger partial charge in [-0.2, -0.15) is 0 Å². The molecule has 1 aliphatic heterocycles. The van der Waals surface area contributed by atoms with Crippen LogP contribution in [0.3, 0.4) is 0 Å². The maximum atomic E-state index is 5.95. The lowest BCUT2D eigenvalue weighted by atomic mass is 9.99. The number of halogens is 1. The van der Waals surface area contributed by atoms with Crippen molar-refractivity contribution in [3.8, 4) is 11.5 Å². The summed E-state index contributed by atoms with van der Waals surface area (Å²) in [5.41, 5.74) is 6.98. The Morgan fingerprint density at radius 1 is 1.24 bits per heavy atom. The van der Waals surface area contributed by atoms with E-state index in [0.29, 0.717) is 24.0 Å². The molecule has 1 aliphatic rings. The number of aliphatic imine (C=N–C) groups is 1. The van der Waals surface area contributed by atoms with Gasteiger partial charge in [-0.05, 0) is 49.5 Å². The third-order valence-corrected chi connectivity index (χ3v) is 4.49. The molecule has 0 bridgehead atoms. The molecule has 2 rings (SSSR count). The summed E-state index contributed by atoms with van der Waals surface area (Å²) in [6, 6.07) is 5.77. The van der Waals surface area contributed by atoms with Crippen molar-refractivity contribution < 1.29 is 9.47 Å². The first-order valence-corrected chi connectivity index (χ1v) is 8.59. The van der Waals surface area contributed by atoms with Gasteiger partial charge in [0.2, 0.25) is 0 Å². The molecule has 1 saturated heterocycles. The van der Waals surface area contributed by atoms with E-state index in [9.17, 15) is 0 Å². The number of hydrogen-bond acceptors (Lipinski definition) is 4. The number of hydrogen-bond donors (Lipinski definition) is 2. The summed E-state index contributed by atoms with van der Waals surface area (Å²) in [6.07, 6.45) is 2.59. The first kappa shape index (κ1) is 21.8. The SMILES string of the molecule is COc1ccc(CN=C(N)NCCN2CCC(C)CC2)cc1OC.I. The summed E-state index contributed by atoms with van der Waals surface area (Å²) in [4.78, 5) is 6.87. The molecule has 1 heterocycles. The molecule has 6 nitrogen and oxygen atoms in total. The second-order valence-electron chi connectivity index (χ2n) is 6.34. The summed E-state index contributed by atoms with van der Waals surface area (Å²) < 4.78 is 10.5. The molecule has 1 aromatic rings. The van der Waals surface area contributed by atoms with Gasteiger partial charge in [0, 0.05) is 13.1 Å². The molecule has 25 heavy (non-hydrogen) atoms. The van der Waals surface area contributed by atoms with Gasteiger partial charge in [-0.25, -0.2) is 4.99 Å². The predicted octanol–water partition coefficient (Wildman–Crippen LogP) is 2.46. The maximum absolute atomic E-state index is 5.95. The predicted molar refractivity (Wildman–Crippen MR) is 113 cm³/mol. The molecule has 0 radical (unpaired) electrons. The van der Waals surface area contributed by atoms with Crippen LogP contribution in [0.5, 0.6) is 11.5 Å². The van der Waals surface area contributed by atoms with Crippen molar-refractivity contribution in [2.75, 3.05) is 40.4 Å². The van der Waals surface area contributed by atoms with Crippen LogP contribution in [-0.2, 0) is 6.54 Å². The molecule has 3 N–H and O–H groups in total. The van der Waals surface area contributed by atoms with E-state index in [1.807, 2.05) is 18.2 Å². The lowest BCUT2D eigenvalue weighted by molar-refractivity contribution is 0.195. The van der Waals surface area contributed by atoms with Crippen LogP contribution < -0.4 is 20.5 Å². The largest absolute Gasteiger partial charge is 0.493 e.